The van der Waals surface area contributed by atoms with E-state index in [4.69, 9.17) is 0 Å². The summed E-state index contributed by atoms with van der Waals surface area (Å²) in [5, 5.41) is 13.8. The Hall–Kier alpha value is -3.17. The summed E-state index contributed by atoms with van der Waals surface area (Å²) in [7, 11) is 0. The smallest absolute Gasteiger partial charge is 0.359 e. The topological polar surface area (TPSA) is 72.9 Å². The molecule has 1 atom stereocenters. The summed E-state index contributed by atoms with van der Waals surface area (Å²) in [6.45, 7) is 4.62. The number of anilines is 1. The largest absolute Gasteiger partial charge is 0.453 e. The van der Waals surface area contributed by atoms with Gasteiger partial charge in [-0.1, -0.05) is 12.1 Å². The van der Waals surface area contributed by atoms with Gasteiger partial charge in [0.15, 0.2) is 5.65 Å². The summed E-state index contributed by atoms with van der Waals surface area (Å²) in [6, 6.07) is 10.5. The lowest BCUT2D eigenvalue weighted by Gasteiger charge is -2.16. The summed E-state index contributed by atoms with van der Waals surface area (Å²) in [5.41, 5.74) is 1.90. The first kappa shape index (κ1) is 17.3. The molecule has 140 valence electrons. The number of aryl methyl sites for hydroxylation is 1. The van der Waals surface area contributed by atoms with Gasteiger partial charge in [0, 0.05) is 6.54 Å². The average Bonchev–Trinajstić information content (AvgIpc) is 3.22. The van der Waals surface area contributed by atoms with Gasteiger partial charge in [-0.15, -0.1) is 15.3 Å². The van der Waals surface area contributed by atoms with Crippen molar-refractivity contribution < 1.29 is 13.2 Å². The highest BCUT2D eigenvalue weighted by atomic mass is 19.4. The Kier molecular flexibility index (Phi) is 3.97. The van der Waals surface area contributed by atoms with Gasteiger partial charge in [-0.05, 0) is 38.1 Å². The van der Waals surface area contributed by atoms with E-state index in [0.29, 0.717) is 4.52 Å². The van der Waals surface area contributed by atoms with Gasteiger partial charge in [-0.25, -0.2) is 4.98 Å². The Bertz CT molecular complexity index is 1110. The average molecular weight is 375 g/mol. The number of fused-ring (bicyclic) bond motifs is 2. The zero-order chi connectivity index (χ0) is 19.2. The normalized spacial score (nSPS) is 13.4. The Morgan fingerprint density at radius 1 is 1.11 bits per heavy atom. The number of benzene rings is 1. The fourth-order valence-corrected chi connectivity index (χ4v) is 3.09. The number of para-hydroxylation sites is 2. The lowest BCUT2D eigenvalue weighted by atomic mass is 10.3. The number of hydrogen-bond acceptors (Lipinski definition) is 5. The standard InChI is InChI=1S/C17H16F3N7/c1-3-26-12-7-5-4-6-11(12)22-15(26)10(2)21-13-8-9-14-23-24-16(17(18,19)20)27(14)25-13/h4-10H,3H2,1-2H3,(H,21,25). The van der Waals surface area contributed by atoms with Crippen molar-refractivity contribution in [2.24, 2.45) is 0 Å². The van der Waals surface area contributed by atoms with Gasteiger partial charge in [-0.2, -0.15) is 17.7 Å². The van der Waals surface area contributed by atoms with Crippen molar-refractivity contribution in [1.29, 1.82) is 0 Å². The quantitative estimate of drug-likeness (QED) is 0.589. The molecule has 0 fully saturated rings. The third-order valence-electron chi connectivity index (χ3n) is 4.27. The molecule has 10 heteroatoms. The molecule has 1 unspecified atom stereocenters. The summed E-state index contributed by atoms with van der Waals surface area (Å²) < 4.78 is 41.8. The lowest BCUT2D eigenvalue weighted by molar-refractivity contribution is -0.146. The maximum atomic E-state index is 13.0. The van der Waals surface area contributed by atoms with Crippen molar-refractivity contribution in [3.05, 3.63) is 48.0 Å². The Balaban J connectivity index is 1.70. The van der Waals surface area contributed by atoms with Crippen LogP contribution in [-0.2, 0) is 12.7 Å². The zero-order valence-corrected chi connectivity index (χ0v) is 14.6. The Labute approximate surface area is 151 Å². The minimum absolute atomic E-state index is 0.0290. The number of alkyl halides is 3. The molecule has 27 heavy (non-hydrogen) atoms. The molecule has 3 aromatic heterocycles. The number of aromatic nitrogens is 6. The molecule has 7 nitrogen and oxygen atoms in total. The van der Waals surface area contributed by atoms with Crippen LogP contribution in [0.15, 0.2) is 36.4 Å². The van der Waals surface area contributed by atoms with Gasteiger partial charge >= 0.3 is 6.18 Å². The van der Waals surface area contributed by atoms with Crippen LogP contribution in [0, 0.1) is 0 Å². The van der Waals surface area contributed by atoms with E-state index in [1.807, 2.05) is 38.1 Å². The third kappa shape index (κ3) is 2.96. The third-order valence-corrected chi connectivity index (χ3v) is 4.27. The fourth-order valence-electron chi connectivity index (χ4n) is 3.09. The number of nitrogens with one attached hydrogen (secondary N) is 1. The van der Waals surface area contributed by atoms with E-state index in [1.165, 1.54) is 6.07 Å². The second-order valence-electron chi connectivity index (χ2n) is 6.08. The second-order valence-corrected chi connectivity index (χ2v) is 6.08. The van der Waals surface area contributed by atoms with Crippen LogP contribution in [0.1, 0.15) is 31.5 Å². The van der Waals surface area contributed by atoms with Gasteiger partial charge in [0.25, 0.3) is 5.82 Å². The van der Waals surface area contributed by atoms with Crippen molar-refractivity contribution in [3.8, 4) is 0 Å². The molecule has 0 spiro atoms. The first-order valence-corrected chi connectivity index (χ1v) is 8.40. The van der Waals surface area contributed by atoms with Crippen LogP contribution in [0.4, 0.5) is 19.0 Å². The number of nitrogens with zero attached hydrogens (tertiary/aromatic N) is 6. The highest BCUT2D eigenvalue weighted by molar-refractivity contribution is 5.76. The number of imidazole rings is 1. The molecule has 3 heterocycles. The Morgan fingerprint density at radius 2 is 1.89 bits per heavy atom. The highest BCUT2D eigenvalue weighted by Gasteiger charge is 2.37. The molecule has 0 bridgehead atoms. The predicted molar refractivity (Wildman–Crippen MR) is 93.2 cm³/mol. The lowest BCUT2D eigenvalue weighted by Crippen LogP contribution is -2.16. The highest BCUT2D eigenvalue weighted by Crippen LogP contribution is 2.28. The van der Waals surface area contributed by atoms with E-state index in [2.05, 4.69) is 30.2 Å². The molecule has 0 aliphatic heterocycles. The van der Waals surface area contributed by atoms with Gasteiger partial charge < -0.3 is 9.88 Å². The molecule has 0 aliphatic carbocycles. The van der Waals surface area contributed by atoms with Crippen molar-refractivity contribution in [1.82, 2.24) is 29.4 Å². The SMILES string of the molecule is CCn1c(C(C)Nc2ccc3nnc(C(F)(F)F)n3n2)nc2ccccc21. The number of halogens is 3. The molecule has 0 radical (unpaired) electrons. The van der Waals surface area contributed by atoms with Gasteiger partial charge in [-0.3, -0.25) is 0 Å². The van der Waals surface area contributed by atoms with Crippen molar-refractivity contribution in [2.75, 3.05) is 5.32 Å². The molecular weight excluding hydrogens is 359 g/mol. The second kappa shape index (κ2) is 6.22. The monoisotopic (exact) mass is 375 g/mol. The first-order valence-electron chi connectivity index (χ1n) is 8.40. The van der Waals surface area contributed by atoms with E-state index in [-0.39, 0.29) is 17.5 Å². The fraction of sp³-hybridized carbons (Fsp3) is 0.294. The zero-order valence-electron chi connectivity index (χ0n) is 14.6. The minimum atomic E-state index is -4.63. The van der Waals surface area contributed by atoms with Crippen molar-refractivity contribution in [3.63, 3.8) is 0 Å². The molecule has 4 aromatic rings. The number of hydrogen-bond donors (Lipinski definition) is 1. The molecular formula is C17H16F3N7. The molecule has 0 amide bonds. The van der Waals surface area contributed by atoms with E-state index in [0.717, 1.165) is 23.4 Å². The molecule has 0 saturated heterocycles. The van der Waals surface area contributed by atoms with E-state index in [1.54, 1.807) is 6.07 Å². The van der Waals surface area contributed by atoms with Gasteiger partial charge in [0.2, 0.25) is 0 Å². The predicted octanol–water partition coefficient (Wildman–Crippen LogP) is 3.69. The van der Waals surface area contributed by atoms with Gasteiger partial charge in [0.1, 0.15) is 11.6 Å². The van der Waals surface area contributed by atoms with Crippen LogP contribution < -0.4 is 5.32 Å². The molecule has 0 aliphatic rings. The van der Waals surface area contributed by atoms with E-state index >= 15 is 0 Å². The summed E-state index contributed by atoms with van der Waals surface area (Å²) in [5.74, 6) is -0.106. The van der Waals surface area contributed by atoms with Crippen molar-refractivity contribution >= 4 is 22.5 Å². The van der Waals surface area contributed by atoms with Gasteiger partial charge in [0.05, 0.1) is 17.1 Å². The molecule has 1 aromatic carbocycles. The molecule has 0 saturated carbocycles. The van der Waals surface area contributed by atoms with E-state index in [9.17, 15) is 13.2 Å². The van der Waals surface area contributed by atoms with Crippen LogP contribution in [0.3, 0.4) is 0 Å². The van der Waals surface area contributed by atoms with E-state index < -0.39 is 12.0 Å². The molecule has 4 rings (SSSR count). The van der Waals surface area contributed by atoms with Crippen LogP contribution in [-0.4, -0.2) is 29.4 Å². The molecule has 1 N–H and O–H groups in total. The number of rotatable bonds is 4. The van der Waals surface area contributed by atoms with Crippen LogP contribution in [0.2, 0.25) is 0 Å². The van der Waals surface area contributed by atoms with Crippen LogP contribution >= 0.6 is 0 Å². The Morgan fingerprint density at radius 3 is 2.63 bits per heavy atom. The van der Waals surface area contributed by atoms with Crippen LogP contribution in [0.5, 0.6) is 0 Å². The maximum Gasteiger partial charge on any atom is 0.453 e. The maximum absolute atomic E-state index is 13.0. The summed E-state index contributed by atoms with van der Waals surface area (Å²) in [6.07, 6.45) is -4.63. The summed E-state index contributed by atoms with van der Waals surface area (Å²) >= 11 is 0. The minimum Gasteiger partial charge on any atom is -0.359 e. The summed E-state index contributed by atoms with van der Waals surface area (Å²) in [4.78, 5) is 4.65. The van der Waals surface area contributed by atoms with Crippen LogP contribution in [0.25, 0.3) is 16.7 Å². The first-order chi connectivity index (χ1) is 12.9. The van der Waals surface area contributed by atoms with Crippen molar-refractivity contribution in [2.45, 2.75) is 32.6 Å².